The van der Waals surface area contributed by atoms with Gasteiger partial charge in [-0.25, -0.2) is 4.79 Å². The number of carbonyl (C=O) groups excluding carboxylic acids is 2. The zero-order valence-corrected chi connectivity index (χ0v) is 12.2. The molecule has 0 fully saturated rings. The van der Waals surface area contributed by atoms with Crippen LogP contribution in [0.15, 0.2) is 48.5 Å². The van der Waals surface area contributed by atoms with Crippen molar-refractivity contribution in [1.29, 1.82) is 0 Å². The minimum atomic E-state index is -0.529. The Bertz CT molecular complexity index is 656. The summed E-state index contributed by atoms with van der Waals surface area (Å²) in [4.78, 5) is 23.5. The topological polar surface area (TPSA) is 55.4 Å². The molecule has 0 radical (unpaired) electrons. The van der Waals surface area contributed by atoms with E-state index in [2.05, 4.69) is 5.32 Å². The SMILES string of the molecule is Cc1cc(Cl)ccc1NC(=O)COC(=O)c1ccccc1. The van der Waals surface area contributed by atoms with Crippen LogP contribution in [-0.2, 0) is 9.53 Å². The van der Waals surface area contributed by atoms with Crippen molar-refractivity contribution in [3.8, 4) is 0 Å². The molecule has 2 aromatic carbocycles. The minimum absolute atomic E-state index is 0.338. The van der Waals surface area contributed by atoms with E-state index in [1.807, 2.05) is 6.92 Å². The fourth-order valence-electron chi connectivity index (χ4n) is 1.74. The maximum absolute atomic E-state index is 11.8. The molecule has 21 heavy (non-hydrogen) atoms. The van der Waals surface area contributed by atoms with Crippen LogP contribution in [0.4, 0.5) is 5.69 Å². The van der Waals surface area contributed by atoms with Gasteiger partial charge in [0.25, 0.3) is 5.91 Å². The summed E-state index contributed by atoms with van der Waals surface area (Å²) in [6.07, 6.45) is 0. The predicted molar refractivity (Wildman–Crippen MR) is 81.5 cm³/mol. The lowest BCUT2D eigenvalue weighted by atomic mass is 10.2. The van der Waals surface area contributed by atoms with Crippen molar-refractivity contribution in [3.63, 3.8) is 0 Å². The molecule has 5 heteroatoms. The Morgan fingerprint density at radius 2 is 1.86 bits per heavy atom. The van der Waals surface area contributed by atoms with Gasteiger partial charge < -0.3 is 10.1 Å². The first-order valence-corrected chi connectivity index (χ1v) is 6.72. The summed E-state index contributed by atoms with van der Waals surface area (Å²) >= 11 is 5.84. The first-order chi connectivity index (χ1) is 10.1. The standard InChI is InChI=1S/C16H14ClNO3/c1-11-9-13(17)7-8-14(11)18-15(19)10-21-16(20)12-5-3-2-4-6-12/h2-9H,10H2,1H3,(H,18,19). The zero-order valence-electron chi connectivity index (χ0n) is 11.4. The number of benzene rings is 2. The summed E-state index contributed by atoms with van der Waals surface area (Å²) in [5.74, 6) is -0.928. The zero-order chi connectivity index (χ0) is 15.2. The molecule has 0 saturated carbocycles. The molecular formula is C16H14ClNO3. The van der Waals surface area contributed by atoms with Gasteiger partial charge in [0.1, 0.15) is 0 Å². The van der Waals surface area contributed by atoms with Gasteiger partial charge in [-0.05, 0) is 42.8 Å². The lowest BCUT2D eigenvalue weighted by molar-refractivity contribution is -0.119. The highest BCUT2D eigenvalue weighted by Gasteiger charge is 2.10. The van der Waals surface area contributed by atoms with Crippen LogP contribution in [0.2, 0.25) is 5.02 Å². The number of hydrogen-bond donors (Lipinski definition) is 1. The summed E-state index contributed by atoms with van der Waals surface area (Å²) in [5.41, 5.74) is 1.89. The highest BCUT2D eigenvalue weighted by Crippen LogP contribution is 2.19. The van der Waals surface area contributed by atoms with E-state index in [0.29, 0.717) is 16.3 Å². The lowest BCUT2D eigenvalue weighted by Crippen LogP contribution is -2.21. The molecule has 1 N–H and O–H groups in total. The molecule has 0 unspecified atom stereocenters. The quantitative estimate of drug-likeness (QED) is 0.880. The van der Waals surface area contributed by atoms with Crippen molar-refractivity contribution < 1.29 is 14.3 Å². The first kappa shape index (κ1) is 15.1. The molecule has 1 amide bonds. The molecular weight excluding hydrogens is 290 g/mol. The second-order valence-corrected chi connectivity index (χ2v) is 4.89. The number of esters is 1. The number of aryl methyl sites for hydroxylation is 1. The molecule has 0 aliphatic rings. The van der Waals surface area contributed by atoms with Crippen molar-refractivity contribution in [1.82, 2.24) is 0 Å². The van der Waals surface area contributed by atoms with Gasteiger partial charge in [-0.2, -0.15) is 0 Å². The third-order valence-electron chi connectivity index (χ3n) is 2.81. The molecule has 0 aliphatic carbocycles. The third-order valence-corrected chi connectivity index (χ3v) is 3.04. The van der Waals surface area contributed by atoms with Gasteiger partial charge in [0.2, 0.25) is 0 Å². The smallest absolute Gasteiger partial charge is 0.338 e. The van der Waals surface area contributed by atoms with Gasteiger partial charge in [0, 0.05) is 10.7 Å². The molecule has 0 aliphatic heterocycles. The monoisotopic (exact) mass is 303 g/mol. The Balaban J connectivity index is 1.89. The van der Waals surface area contributed by atoms with Crippen molar-refractivity contribution in [2.45, 2.75) is 6.92 Å². The lowest BCUT2D eigenvalue weighted by Gasteiger charge is -2.09. The number of hydrogen-bond acceptors (Lipinski definition) is 3. The van der Waals surface area contributed by atoms with E-state index in [4.69, 9.17) is 16.3 Å². The molecule has 0 heterocycles. The Labute approximate surface area is 127 Å². The largest absolute Gasteiger partial charge is 0.452 e. The summed E-state index contributed by atoms with van der Waals surface area (Å²) in [7, 11) is 0. The highest BCUT2D eigenvalue weighted by atomic mass is 35.5. The second kappa shape index (κ2) is 6.90. The van der Waals surface area contributed by atoms with Crippen LogP contribution in [0.3, 0.4) is 0 Å². The fourth-order valence-corrected chi connectivity index (χ4v) is 1.97. The van der Waals surface area contributed by atoms with Crippen molar-refractivity contribution in [2.75, 3.05) is 11.9 Å². The van der Waals surface area contributed by atoms with Crippen molar-refractivity contribution >= 4 is 29.2 Å². The molecule has 2 rings (SSSR count). The number of ether oxygens (including phenoxy) is 1. The highest BCUT2D eigenvalue weighted by molar-refractivity contribution is 6.30. The van der Waals surface area contributed by atoms with Crippen LogP contribution >= 0.6 is 11.6 Å². The average Bonchev–Trinajstić information content (AvgIpc) is 2.48. The van der Waals surface area contributed by atoms with E-state index in [0.717, 1.165) is 5.56 Å². The van der Waals surface area contributed by atoms with Crippen molar-refractivity contribution in [3.05, 3.63) is 64.7 Å². The van der Waals surface area contributed by atoms with Gasteiger partial charge >= 0.3 is 5.97 Å². The van der Waals surface area contributed by atoms with Crippen LogP contribution in [0, 0.1) is 6.92 Å². The van der Waals surface area contributed by atoms with Crippen molar-refractivity contribution in [2.24, 2.45) is 0 Å². The maximum atomic E-state index is 11.8. The molecule has 0 bridgehead atoms. The van der Waals surface area contributed by atoms with Gasteiger partial charge in [-0.3, -0.25) is 4.79 Å². The summed E-state index contributed by atoms with van der Waals surface area (Å²) in [5, 5.41) is 3.27. The van der Waals surface area contributed by atoms with E-state index in [1.54, 1.807) is 48.5 Å². The number of carbonyl (C=O) groups is 2. The molecule has 0 saturated heterocycles. The molecule has 0 spiro atoms. The maximum Gasteiger partial charge on any atom is 0.338 e. The second-order valence-electron chi connectivity index (χ2n) is 4.45. The van der Waals surface area contributed by atoms with Gasteiger partial charge in [-0.1, -0.05) is 29.8 Å². The van der Waals surface area contributed by atoms with Gasteiger partial charge in [-0.15, -0.1) is 0 Å². The fraction of sp³-hybridized carbons (Fsp3) is 0.125. The summed E-state index contributed by atoms with van der Waals surface area (Å²) in [6, 6.07) is 13.6. The summed E-state index contributed by atoms with van der Waals surface area (Å²) in [6.45, 7) is 1.49. The molecule has 4 nitrogen and oxygen atoms in total. The summed E-state index contributed by atoms with van der Waals surface area (Å²) < 4.78 is 4.95. The Hall–Kier alpha value is -2.33. The first-order valence-electron chi connectivity index (χ1n) is 6.34. The Morgan fingerprint density at radius 3 is 2.52 bits per heavy atom. The van der Waals surface area contributed by atoms with Gasteiger partial charge in [0.05, 0.1) is 5.56 Å². The number of rotatable bonds is 4. The van der Waals surface area contributed by atoms with E-state index < -0.39 is 11.9 Å². The van der Waals surface area contributed by atoms with Crippen LogP contribution in [0.25, 0.3) is 0 Å². The number of nitrogens with one attached hydrogen (secondary N) is 1. The van der Waals surface area contributed by atoms with Gasteiger partial charge in [0.15, 0.2) is 6.61 Å². The van der Waals surface area contributed by atoms with Crippen LogP contribution in [-0.4, -0.2) is 18.5 Å². The van der Waals surface area contributed by atoms with Crippen LogP contribution in [0.1, 0.15) is 15.9 Å². The number of amides is 1. The third kappa shape index (κ3) is 4.33. The van der Waals surface area contributed by atoms with E-state index in [9.17, 15) is 9.59 Å². The normalized spacial score (nSPS) is 10.0. The molecule has 2 aromatic rings. The van der Waals surface area contributed by atoms with E-state index in [-0.39, 0.29) is 6.61 Å². The Morgan fingerprint density at radius 1 is 1.14 bits per heavy atom. The van der Waals surface area contributed by atoms with Crippen LogP contribution in [0.5, 0.6) is 0 Å². The van der Waals surface area contributed by atoms with Crippen LogP contribution < -0.4 is 5.32 Å². The number of anilines is 1. The molecule has 0 aromatic heterocycles. The molecule has 0 atom stereocenters. The Kier molecular flexibility index (Phi) is 4.95. The van der Waals surface area contributed by atoms with E-state index in [1.165, 1.54) is 0 Å². The minimum Gasteiger partial charge on any atom is -0.452 e. The number of halogens is 1. The average molecular weight is 304 g/mol. The predicted octanol–water partition coefficient (Wildman–Crippen LogP) is 3.44. The van der Waals surface area contributed by atoms with E-state index >= 15 is 0 Å². The molecule has 108 valence electrons.